The zero-order valence-electron chi connectivity index (χ0n) is 17.4. The standard InChI is InChI=1S/C24H23F2N3O3/c25-17-4-3-15(20(26)11-17)12-29-21-13-28(22(30)10-14-8-16(9-14)24(31)32)7-5-18(21)19-2-1-6-27-23(19)29/h1-4,6,11,14,16H,5,7-10,12-13H2,(H,31,32). The maximum atomic E-state index is 14.4. The summed E-state index contributed by atoms with van der Waals surface area (Å²) in [7, 11) is 0. The molecule has 1 N–H and O–H groups in total. The summed E-state index contributed by atoms with van der Waals surface area (Å²) < 4.78 is 29.7. The van der Waals surface area contributed by atoms with Crippen molar-refractivity contribution < 1.29 is 23.5 Å². The quantitative estimate of drug-likeness (QED) is 0.657. The molecule has 1 aliphatic heterocycles. The van der Waals surface area contributed by atoms with Gasteiger partial charge in [-0.05, 0) is 48.9 Å². The molecule has 3 aromatic rings. The molecule has 3 heterocycles. The average Bonchev–Trinajstić information content (AvgIpc) is 3.05. The smallest absolute Gasteiger partial charge is 0.306 e. The number of hydrogen-bond acceptors (Lipinski definition) is 3. The number of carboxylic acids is 1. The predicted octanol–water partition coefficient (Wildman–Crippen LogP) is 3.75. The van der Waals surface area contributed by atoms with Crippen LogP contribution in [0.5, 0.6) is 0 Å². The largest absolute Gasteiger partial charge is 0.481 e. The van der Waals surface area contributed by atoms with Gasteiger partial charge in [-0.2, -0.15) is 0 Å². The molecule has 6 nitrogen and oxygen atoms in total. The van der Waals surface area contributed by atoms with E-state index in [0.29, 0.717) is 44.3 Å². The van der Waals surface area contributed by atoms with Gasteiger partial charge in [-0.1, -0.05) is 6.07 Å². The summed E-state index contributed by atoms with van der Waals surface area (Å²) in [6.45, 7) is 1.17. The van der Waals surface area contributed by atoms with Crippen LogP contribution in [0.25, 0.3) is 11.0 Å². The van der Waals surface area contributed by atoms with Crippen LogP contribution in [-0.4, -0.2) is 38.0 Å². The monoisotopic (exact) mass is 439 g/mol. The van der Waals surface area contributed by atoms with E-state index in [2.05, 4.69) is 4.98 Å². The van der Waals surface area contributed by atoms with Crippen LogP contribution >= 0.6 is 0 Å². The number of carboxylic acid groups (broad SMARTS) is 1. The molecule has 2 aromatic heterocycles. The Morgan fingerprint density at radius 1 is 1.19 bits per heavy atom. The molecule has 0 atom stereocenters. The topological polar surface area (TPSA) is 75.4 Å². The number of carbonyl (C=O) groups is 2. The molecule has 2 aliphatic rings. The van der Waals surface area contributed by atoms with Crippen LogP contribution in [0, 0.1) is 23.5 Å². The van der Waals surface area contributed by atoms with Crippen LogP contribution in [-0.2, 0) is 29.1 Å². The molecule has 0 radical (unpaired) electrons. The summed E-state index contributed by atoms with van der Waals surface area (Å²) in [6, 6.07) is 7.39. The van der Waals surface area contributed by atoms with E-state index in [4.69, 9.17) is 5.11 Å². The number of aliphatic carboxylic acids is 1. The highest BCUT2D eigenvalue weighted by Crippen LogP contribution is 2.37. The van der Waals surface area contributed by atoms with Crippen molar-refractivity contribution in [3.05, 3.63) is 65.0 Å². The molecule has 0 spiro atoms. The van der Waals surface area contributed by atoms with E-state index in [1.165, 1.54) is 12.1 Å². The van der Waals surface area contributed by atoms with Gasteiger partial charge < -0.3 is 14.6 Å². The van der Waals surface area contributed by atoms with E-state index < -0.39 is 17.6 Å². The molecular weight excluding hydrogens is 416 g/mol. The summed E-state index contributed by atoms with van der Waals surface area (Å²) in [5, 5.41) is 10.0. The number of halogens is 2. The van der Waals surface area contributed by atoms with Crippen molar-refractivity contribution >= 4 is 22.9 Å². The lowest BCUT2D eigenvalue weighted by Gasteiger charge is -2.35. The summed E-state index contributed by atoms with van der Waals surface area (Å²) in [5.74, 6) is -2.23. The first kappa shape index (κ1) is 20.6. The highest BCUT2D eigenvalue weighted by molar-refractivity contribution is 5.84. The first-order valence-electron chi connectivity index (χ1n) is 10.8. The third-order valence-electron chi connectivity index (χ3n) is 6.76. The van der Waals surface area contributed by atoms with Crippen molar-refractivity contribution in [1.29, 1.82) is 0 Å². The van der Waals surface area contributed by atoms with Crippen LogP contribution < -0.4 is 0 Å². The Morgan fingerprint density at radius 2 is 2.00 bits per heavy atom. The first-order valence-corrected chi connectivity index (χ1v) is 10.8. The van der Waals surface area contributed by atoms with Gasteiger partial charge in [-0.3, -0.25) is 9.59 Å². The number of carbonyl (C=O) groups excluding carboxylic acids is 1. The molecule has 1 amide bonds. The van der Waals surface area contributed by atoms with Crippen molar-refractivity contribution in [1.82, 2.24) is 14.5 Å². The SMILES string of the molecule is O=C(O)C1CC(CC(=O)N2CCc3c(n(Cc4ccc(F)cc4F)c4ncccc34)C2)C1. The molecule has 1 saturated carbocycles. The third-order valence-corrected chi connectivity index (χ3v) is 6.76. The fourth-order valence-corrected chi connectivity index (χ4v) is 4.94. The Bertz CT molecular complexity index is 1220. The van der Waals surface area contributed by atoms with Crippen LogP contribution in [0.15, 0.2) is 36.5 Å². The molecule has 32 heavy (non-hydrogen) atoms. The van der Waals surface area contributed by atoms with Crippen molar-refractivity contribution in [2.45, 2.75) is 38.8 Å². The summed E-state index contributed by atoms with van der Waals surface area (Å²) in [4.78, 5) is 30.2. The molecule has 0 bridgehead atoms. The number of amides is 1. The van der Waals surface area contributed by atoms with Gasteiger partial charge >= 0.3 is 5.97 Å². The second-order valence-corrected chi connectivity index (χ2v) is 8.76. The number of fused-ring (bicyclic) bond motifs is 3. The maximum Gasteiger partial charge on any atom is 0.306 e. The fraction of sp³-hybridized carbons (Fsp3) is 0.375. The zero-order valence-corrected chi connectivity index (χ0v) is 17.4. The van der Waals surface area contributed by atoms with Crippen molar-refractivity contribution in [3.63, 3.8) is 0 Å². The number of aromatic nitrogens is 2. The average molecular weight is 439 g/mol. The lowest BCUT2D eigenvalue weighted by Crippen LogP contribution is -2.40. The van der Waals surface area contributed by atoms with E-state index in [0.717, 1.165) is 28.4 Å². The minimum absolute atomic E-state index is 0.0159. The van der Waals surface area contributed by atoms with Crippen LogP contribution in [0.4, 0.5) is 8.78 Å². The molecule has 0 unspecified atom stereocenters. The number of pyridine rings is 1. The van der Waals surface area contributed by atoms with Crippen molar-refractivity contribution in [2.24, 2.45) is 11.8 Å². The maximum absolute atomic E-state index is 14.4. The Hall–Kier alpha value is -3.29. The normalized spacial score (nSPS) is 20.1. The highest BCUT2D eigenvalue weighted by atomic mass is 19.1. The van der Waals surface area contributed by atoms with E-state index in [-0.39, 0.29) is 24.3 Å². The number of rotatable bonds is 5. The van der Waals surface area contributed by atoms with Crippen LogP contribution in [0.3, 0.4) is 0 Å². The Kier molecular flexibility index (Phi) is 5.15. The van der Waals surface area contributed by atoms with Gasteiger partial charge in [0.15, 0.2) is 0 Å². The number of hydrogen-bond donors (Lipinski definition) is 1. The van der Waals surface area contributed by atoms with E-state index in [1.807, 2.05) is 16.7 Å². The highest BCUT2D eigenvalue weighted by Gasteiger charge is 2.37. The minimum atomic E-state index is -0.790. The van der Waals surface area contributed by atoms with Crippen molar-refractivity contribution in [2.75, 3.05) is 6.54 Å². The first-order chi connectivity index (χ1) is 15.4. The van der Waals surface area contributed by atoms with Gasteiger partial charge in [0.2, 0.25) is 5.91 Å². The summed E-state index contributed by atoms with van der Waals surface area (Å²) in [5.41, 5.74) is 3.10. The Morgan fingerprint density at radius 3 is 2.75 bits per heavy atom. The van der Waals surface area contributed by atoms with Crippen molar-refractivity contribution in [3.8, 4) is 0 Å². The van der Waals surface area contributed by atoms with Crippen LogP contribution in [0.1, 0.15) is 36.1 Å². The summed E-state index contributed by atoms with van der Waals surface area (Å²) in [6.07, 6.45) is 3.81. The molecule has 0 saturated heterocycles. The molecule has 1 aliphatic carbocycles. The lowest BCUT2D eigenvalue weighted by molar-refractivity contribution is -0.148. The van der Waals surface area contributed by atoms with Gasteiger partial charge in [0.25, 0.3) is 0 Å². The molecular formula is C24H23F2N3O3. The molecule has 8 heteroatoms. The molecule has 166 valence electrons. The second-order valence-electron chi connectivity index (χ2n) is 8.76. The molecule has 1 aromatic carbocycles. The minimum Gasteiger partial charge on any atom is -0.481 e. The van der Waals surface area contributed by atoms with E-state index >= 15 is 0 Å². The van der Waals surface area contributed by atoms with E-state index in [9.17, 15) is 18.4 Å². The van der Waals surface area contributed by atoms with Gasteiger partial charge in [0.05, 0.1) is 19.0 Å². The van der Waals surface area contributed by atoms with Gasteiger partial charge in [0, 0.05) is 41.9 Å². The lowest BCUT2D eigenvalue weighted by atomic mass is 9.73. The van der Waals surface area contributed by atoms with Crippen LogP contribution in [0.2, 0.25) is 0 Å². The summed E-state index contributed by atoms with van der Waals surface area (Å²) >= 11 is 0. The fourth-order valence-electron chi connectivity index (χ4n) is 4.94. The Labute approximate surface area is 183 Å². The zero-order chi connectivity index (χ0) is 22.4. The predicted molar refractivity (Wildman–Crippen MR) is 113 cm³/mol. The van der Waals surface area contributed by atoms with Gasteiger partial charge in [-0.25, -0.2) is 13.8 Å². The number of benzene rings is 1. The number of nitrogens with zero attached hydrogens (tertiary/aromatic N) is 3. The second kappa shape index (κ2) is 8.00. The van der Waals surface area contributed by atoms with Gasteiger partial charge in [-0.15, -0.1) is 0 Å². The third kappa shape index (κ3) is 3.63. The molecule has 1 fully saturated rings. The van der Waals surface area contributed by atoms with E-state index in [1.54, 1.807) is 11.1 Å². The molecule has 5 rings (SSSR count). The van der Waals surface area contributed by atoms with Gasteiger partial charge in [0.1, 0.15) is 17.3 Å². The Balaban J connectivity index is 1.41.